The second-order valence-corrected chi connectivity index (χ2v) is 12.3. The number of carbonyl (C=O) groups excluding carboxylic acids is 1. The van der Waals surface area contributed by atoms with Gasteiger partial charge in [-0.3, -0.25) is 9.80 Å². The molecule has 1 aromatic carbocycles. The minimum Gasteiger partial charge on any atom is -0.356 e. The Morgan fingerprint density at radius 3 is 2.41 bits per heavy atom. The van der Waals surface area contributed by atoms with Crippen LogP contribution in [0.2, 0.25) is 0 Å². The van der Waals surface area contributed by atoms with Crippen LogP contribution in [-0.2, 0) is 11.2 Å². The average Bonchev–Trinajstić information content (AvgIpc) is 3.14. The molecule has 1 atom stereocenters. The van der Waals surface area contributed by atoms with Gasteiger partial charge in [0.1, 0.15) is 17.7 Å². The number of hydrogen-bond donors (Lipinski definition) is 1. The number of rotatable bonds is 14. The highest BCUT2D eigenvalue weighted by Gasteiger charge is 2.17. The van der Waals surface area contributed by atoms with E-state index in [1.807, 2.05) is 45.1 Å². The summed E-state index contributed by atoms with van der Waals surface area (Å²) in [5.74, 6) is 4.84. The van der Waals surface area contributed by atoms with E-state index in [0.717, 1.165) is 72.8 Å². The third-order valence-electron chi connectivity index (χ3n) is 8.09. The van der Waals surface area contributed by atoms with Crippen LogP contribution in [0.5, 0.6) is 0 Å². The summed E-state index contributed by atoms with van der Waals surface area (Å²) in [5.41, 5.74) is 7.69. The highest BCUT2D eigenvalue weighted by Crippen LogP contribution is 2.29. The number of fused-ring (bicyclic) bond motifs is 1. The summed E-state index contributed by atoms with van der Waals surface area (Å²) in [6.45, 7) is 26.5. The van der Waals surface area contributed by atoms with Crippen molar-refractivity contribution in [2.24, 2.45) is 11.0 Å². The molecule has 0 radical (unpaired) electrons. The number of anilines is 3. The zero-order valence-corrected chi connectivity index (χ0v) is 33.1. The van der Waals surface area contributed by atoms with Gasteiger partial charge in [0.2, 0.25) is 0 Å². The van der Waals surface area contributed by atoms with Crippen LogP contribution in [0.4, 0.5) is 17.3 Å². The number of aryl methyl sites for hydroxylation is 2. The lowest BCUT2D eigenvalue weighted by Crippen LogP contribution is -2.31. The lowest BCUT2D eigenvalue weighted by atomic mass is 9.99. The van der Waals surface area contributed by atoms with Gasteiger partial charge in [-0.25, -0.2) is 15.0 Å². The van der Waals surface area contributed by atoms with Crippen LogP contribution in [0.3, 0.4) is 0 Å². The number of aromatic nitrogens is 3. The summed E-state index contributed by atoms with van der Waals surface area (Å²) in [4.78, 5) is 26.5. The zero-order chi connectivity index (χ0) is 38.2. The maximum Gasteiger partial charge on any atom is 0.160 e. The molecule has 1 aliphatic rings. The largest absolute Gasteiger partial charge is 0.356 e. The Morgan fingerprint density at radius 1 is 1.16 bits per heavy atom. The molecule has 1 N–H and O–H groups in total. The number of unbranched alkanes of at least 4 members (excludes halogenated alkanes) is 2. The molecular weight excluding hydrogens is 631 g/mol. The summed E-state index contributed by atoms with van der Waals surface area (Å²) >= 11 is 0. The number of pyridine rings is 1. The first-order valence-corrected chi connectivity index (χ1v) is 18.5. The SMILES string of the molecule is C#CCC.C/C=N\N1C=CC(Cc2ccc(Nc3ncnc4cc(C)c(N(CCCCC)CC(C)CC)nc34)cc2C)=CC1.C=CC(C)=O.CC. The van der Waals surface area contributed by atoms with Gasteiger partial charge in [-0.2, -0.15) is 5.10 Å². The number of ketones is 1. The molecule has 3 aromatic rings. The fraction of sp³-hybridized carbons (Fsp3) is 0.465. The number of nitrogens with one attached hydrogen (secondary N) is 1. The fourth-order valence-corrected chi connectivity index (χ4v) is 5.04. The van der Waals surface area contributed by atoms with Crippen LogP contribution >= 0.6 is 0 Å². The lowest BCUT2D eigenvalue weighted by molar-refractivity contribution is -0.112. The van der Waals surface area contributed by atoms with E-state index in [1.54, 1.807) is 6.33 Å². The first kappa shape index (κ1) is 44.3. The van der Waals surface area contributed by atoms with Gasteiger partial charge in [0.25, 0.3) is 0 Å². The van der Waals surface area contributed by atoms with Crippen molar-refractivity contribution >= 4 is 40.4 Å². The van der Waals surface area contributed by atoms with Crippen molar-refractivity contribution in [3.63, 3.8) is 0 Å². The van der Waals surface area contributed by atoms with E-state index in [1.165, 1.54) is 49.0 Å². The Hall–Kier alpha value is -4.77. The first-order valence-electron chi connectivity index (χ1n) is 18.5. The molecule has 3 heterocycles. The van der Waals surface area contributed by atoms with Gasteiger partial charge in [0, 0.05) is 37.6 Å². The minimum atomic E-state index is 0.0185. The van der Waals surface area contributed by atoms with Crippen molar-refractivity contribution in [3.8, 4) is 12.3 Å². The highest BCUT2D eigenvalue weighted by molar-refractivity contribution is 5.89. The molecule has 8 heteroatoms. The zero-order valence-electron chi connectivity index (χ0n) is 33.1. The second-order valence-electron chi connectivity index (χ2n) is 12.3. The molecule has 0 bridgehead atoms. The number of nitrogens with zero attached hydrogens (tertiary/aromatic N) is 6. The predicted molar refractivity (Wildman–Crippen MR) is 221 cm³/mol. The topological polar surface area (TPSA) is 86.6 Å². The van der Waals surface area contributed by atoms with E-state index >= 15 is 0 Å². The Morgan fingerprint density at radius 2 is 1.86 bits per heavy atom. The smallest absolute Gasteiger partial charge is 0.160 e. The third-order valence-corrected chi connectivity index (χ3v) is 8.09. The number of hydrazone groups is 1. The van der Waals surface area contributed by atoms with Crippen molar-refractivity contribution in [3.05, 3.63) is 83.9 Å². The molecule has 8 nitrogen and oxygen atoms in total. The molecule has 0 amide bonds. The van der Waals surface area contributed by atoms with Crippen LogP contribution in [0.1, 0.15) is 104 Å². The van der Waals surface area contributed by atoms with Gasteiger partial charge in [-0.15, -0.1) is 12.3 Å². The summed E-state index contributed by atoms with van der Waals surface area (Å²) in [7, 11) is 0. The van der Waals surface area contributed by atoms with Crippen molar-refractivity contribution < 1.29 is 4.79 Å². The van der Waals surface area contributed by atoms with Crippen molar-refractivity contribution in [2.45, 2.75) is 108 Å². The lowest BCUT2D eigenvalue weighted by Gasteiger charge is -2.28. The molecule has 1 aliphatic heterocycles. The van der Waals surface area contributed by atoms with E-state index in [0.29, 0.717) is 5.92 Å². The molecule has 0 aliphatic carbocycles. The van der Waals surface area contributed by atoms with Gasteiger partial charge in [0.15, 0.2) is 11.6 Å². The maximum atomic E-state index is 9.69. The quantitative estimate of drug-likeness (QED) is 0.0778. The van der Waals surface area contributed by atoms with Crippen molar-refractivity contribution in [2.75, 3.05) is 29.9 Å². The van der Waals surface area contributed by atoms with Gasteiger partial charge in [-0.05, 0) is 99.1 Å². The summed E-state index contributed by atoms with van der Waals surface area (Å²) in [5, 5.41) is 9.80. The second kappa shape index (κ2) is 25.2. The summed E-state index contributed by atoms with van der Waals surface area (Å²) in [6.07, 6.45) is 22.4. The maximum absolute atomic E-state index is 9.69. The molecule has 0 spiro atoms. The van der Waals surface area contributed by atoms with Gasteiger partial charge in [0.05, 0.1) is 12.1 Å². The molecule has 2 aromatic heterocycles. The molecule has 0 saturated heterocycles. The third kappa shape index (κ3) is 15.8. The Bertz CT molecular complexity index is 1630. The molecule has 276 valence electrons. The number of terminal acetylenes is 1. The van der Waals surface area contributed by atoms with Crippen molar-refractivity contribution in [1.82, 2.24) is 20.0 Å². The number of allylic oxidation sites excluding steroid dienone is 3. The van der Waals surface area contributed by atoms with Crippen LogP contribution in [-0.4, -0.2) is 51.6 Å². The van der Waals surface area contributed by atoms with Crippen LogP contribution < -0.4 is 10.2 Å². The van der Waals surface area contributed by atoms with Crippen LogP contribution in [0.25, 0.3) is 11.0 Å². The number of carbonyl (C=O) groups is 1. The van der Waals surface area contributed by atoms with E-state index in [4.69, 9.17) is 11.4 Å². The monoisotopic (exact) mass is 694 g/mol. The van der Waals surface area contributed by atoms with Crippen LogP contribution in [0.15, 0.2) is 72.3 Å². The summed E-state index contributed by atoms with van der Waals surface area (Å²) < 4.78 is 0. The van der Waals surface area contributed by atoms with E-state index in [9.17, 15) is 4.79 Å². The normalized spacial score (nSPS) is 12.3. The molecule has 0 fully saturated rings. The predicted octanol–water partition coefficient (Wildman–Crippen LogP) is 10.5. The number of hydrogen-bond acceptors (Lipinski definition) is 8. The first-order chi connectivity index (χ1) is 24.6. The molecular formula is C43H63N7O. The average molecular weight is 694 g/mol. The van der Waals surface area contributed by atoms with E-state index in [-0.39, 0.29) is 5.78 Å². The van der Waals surface area contributed by atoms with Crippen LogP contribution in [0, 0.1) is 32.1 Å². The van der Waals surface area contributed by atoms with Crippen molar-refractivity contribution in [1.29, 1.82) is 0 Å². The Labute approximate surface area is 309 Å². The molecule has 4 rings (SSSR count). The molecule has 0 saturated carbocycles. The Balaban J connectivity index is 0.00000104. The van der Waals surface area contributed by atoms with E-state index in [2.05, 4.69) is 109 Å². The number of benzene rings is 1. The Kier molecular flexibility index (Phi) is 21.9. The van der Waals surface area contributed by atoms with E-state index < -0.39 is 0 Å². The fourth-order valence-electron chi connectivity index (χ4n) is 5.04. The molecule has 51 heavy (non-hydrogen) atoms. The highest BCUT2D eigenvalue weighted by atomic mass is 16.1. The molecule has 1 unspecified atom stereocenters. The van der Waals surface area contributed by atoms with Gasteiger partial charge >= 0.3 is 0 Å². The van der Waals surface area contributed by atoms with Gasteiger partial charge < -0.3 is 10.2 Å². The van der Waals surface area contributed by atoms with Gasteiger partial charge in [-0.1, -0.05) is 79.5 Å². The minimum absolute atomic E-state index is 0.0185. The summed E-state index contributed by atoms with van der Waals surface area (Å²) in [6, 6.07) is 8.68. The standard InChI is InChI=1S/C33H45N7.C4H6O.C4H6.C2H6/c1-7-10-11-16-39(22-24(4)8-2)33-26(6)20-30-31(38-33)32(35-23-34-30)37-29-13-12-28(25(5)19-29)21-27-14-17-40(18-15-27)36-9-3;1-3-4(2)5;1-3-4-2;1-2/h9,12-15,17,19-20,23-24H,7-8,10-11,16,18,21-22H2,1-6H3,(H,34,35,37);3H,1H2,2H3;1H,4H2,2H3;1-2H3/b36-9-;;;.